The summed E-state index contributed by atoms with van der Waals surface area (Å²) in [6.07, 6.45) is 1.11. The Labute approximate surface area is 126 Å². The molecular weight excluding hydrogens is 266 g/mol. The number of ether oxygens (including phenoxy) is 2. The lowest BCUT2D eigenvalue weighted by Gasteiger charge is -2.10. The van der Waals surface area contributed by atoms with Gasteiger partial charge in [-0.25, -0.2) is 0 Å². The van der Waals surface area contributed by atoms with Gasteiger partial charge in [0.15, 0.2) is 11.5 Å². The van der Waals surface area contributed by atoms with Crippen LogP contribution in [0.25, 0.3) is 0 Å². The van der Waals surface area contributed by atoms with Gasteiger partial charge in [-0.15, -0.1) is 0 Å². The van der Waals surface area contributed by atoms with Gasteiger partial charge in [-0.2, -0.15) is 0 Å². The van der Waals surface area contributed by atoms with Crippen molar-refractivity contribution in [1.82, 2.24) is 5.32 Å². The van der Waals surface area contributed by atoms with Crippen LogP contribution in [0.5, 0.6) is 11.5 Å². The van der Waals surface area contributed by atoms with Crippen molar-refractivity contribution in [2.45, 2.75) is 33.4 Å². The molecule has 4 nitrogen and oxygen atoms in total. The first-order chi connectivity index (χ1) is 10.2. The zero-order valence-electron chi connectivity index (χ0n) is 12.9. The molecule has 21 heavy (non-hydrogen) atoms. The van der Waals surface area contributed by atoms with Gasteiger partial charge in [-0.3, -0.25) is 0 Å². The quantitative estimate of drug-likeness (QED) is 0.753. The minimum Gasteiger partial charge on any atom is -0.493 e. The Morgan fingerprint density at radius 2 is 1.90 bits per heavy atom. The summed E-state index contributed by atoms with van der Waals surface area (Å²) in [5, 5.41) is 3.31. The van der Waals surface area contributed by atoms with Crippen molar-refractivity contribution in [3.8, 4) is 11.5 Å². The van der Waals surface area contributed by atoms with Gasteiger partial charge in [-0.05, 0) is 49.7 Å². The number of rotatable bonds is 8. The van der Waals surface area contributed by atoms with Crippen molar-refractivity contribution in [3.63, 3.8) is 0 Å². The monoisotopic (exact) mass is 289 g/mol. The van der Waals surface area contributed by atoms with Gasteiger partial charge in [0.1, 0.15) is 18.1 Å². The molecule has 0 bridgehead atoms. The van der Waals surface area contributed by atoms with Gasteiger partial charge in [0.2, 0.25) is 0 Å². The van der Waals surface area contributed by atoms with E-state index < -0.39 is 0 Å². The second-order valence-corrected chi connectivity index (χ2v) is 4.99. The Hall–Kier alpha value is -1.94. The van der Waals surface area contributed by atoms with Crippen molar-refractivity contribution < 1.29 is 13.9 Å². The maximum Gasteiger partial charge on any atom is 0.161 e. The zero-order valence-corrected chi connectivity index (χ0v) is 12.9. The van der Waals surface area contributed by atoms with E-state index in [1.165, 1.54) is 0 Å². The number of furan rings is 1. The van der Waals surface area contributed by atoms with Crippen molar-refractivity contribution >= 4 is 0 Å². The Bertz CT molecular complexity index is 563. The van der Waals surface area contributed by atoms with E-state index in [0.717, 1.165) is 48.1 Å². The molecule has 0 aliphatic rings. The largest absolute Gasteiger partial charge is 0.493 e. The molecule has 0 saturated heterocycles. The number of nitrogens with one attached hydrogen (secondary N) is 1. The van der Waals surface area contributed by atoms with Gasteiger partial charge in [0.25, 0.3) is 0 Å². The zero-order chi connectivity index (χ0) is 15.1. The number of methoxy groups -OCH3 is 1. The average molecular weight is 289 g/mol. The van der Waals surface area contributed by atoms with Gasteiger partial charge in [0, 0.05) is 0 Å². The molecule has 0 fully saturated rings. The number of hydrogen-bond acceptors (Lipinski definition) is 4. The molecule has 2 aromatic rings. The third kappa shape index (κ3) is 4.53. The lowest BCUT2D eigenvalue weighted by molar-refractivity contribution is 0.252. The first-order valence-electron chi connectivity index (χ1n) is 7.28. The highest BCUT2D eigenvalue weighted by Crippen LogP contribution is 2.28. The number of aryl methyl sites for hydroxylation is 1. The molecule has 1 aromatic heterocycles. The molecule has 0 spiro atoms. The van der Waals surface area contributed by atoms with Crippen LogP contribution in [0.15, 0.2) is 34.7 Å². The molecule has 4 heteroatoms. The first-order valence-corrected chi connectivity index (χ1v) is 7.28. The first kappa shape index (κ1) is 15.4. The molecule has 0 unspecified atom stereocenters. The second kappa shape index (κ2) is 7.74. The molecule has 1 N–H and O–H groups in total. The van der Waals surface area contributed by atoms with Crippen molar-refractivity contribution in [2.75, 3.05) is 13.7 Å². The van der Waals surface area contributed by atoms with Crippen molar-refractivity contribution in [2.24, 2.45) is 0 Å². The van der Waals surface area contributed by atoms with Crippen molar-refractivity contribution in [3.05, 3.63) is 47.4 Å². The molecule has 0 radical (unpaired) electrons. The fourth-order valence-corrected chi connectivity index (χ4v) is 2.03. The Morgan fingerprint density at radius 3 is 2.67 bits per heavy atom. The van der Waals surface area contributed by atoms with Gasteiger partial charge in [0.05, 0.1) is 13.7 Å². The highest BCUT2D eigenvalue weighted by Gasteiger charge is 2.07. The van der Waals surface area contributed by atoms with Crippen LogP contribution < -0.4 is 14.8 Å². The fourth-order valence-electron chi connectivity index (χ4n) is 2.03. The summed E-state index contributed by atoms with van der Waals surface area (Å²) in [5.74, 6) is 3.21. The molecule has 114 valence electrons. The molecule has 0 aliphatic heterocycles. The molecule has 1 heterocycles. The lowest BCUT2D eigenvalue weighted by Crippen LogP contribution is -2.13. The van der Waals surface area contributed by atoms with Crippen LogP contribution in [-0.2, 0) is 13.2 Å². The Balaban J connectivity index is 1.91. The van der Waals surface area contributed by atoms with E-state index in [9.17, 15) is 0 Å². The highest BCUT2D eigenvalue weighted by molar-refractivity contribution is 5.42. The maximum atomic E-state index is 5.77. The van der Waals surface area contributed by atoms with E-state index in [-0.39, 0.29) is 0 Å². The molecule has 0 atom stereocenters. The minimum atomic E-state index is 0.396. The second-order valence-electron chi connectivity index (χ2n) is 4.99. The smallest absolute Gasteiger partial charge is 0.161 e. The van der Waals surface area contributed by atoms with Crippen LogP contribution in [0.2, 0.25) is 0 Å². The molecule has 2 rings (SSSR count). The topological polar surface area (TPSA) is 43.6 Å². The lowest BCUT2D eigenvalue weighted by atomic mass is 10.2. The van der Waals surface area contributed by atoms with E-state index in [2.05, 4.69) is 12.2 Å². The summed E-state index contributed by atoms with van der Waals surface area (Å²) < 4.78 is 16.8. The summed E-state index contributed by atoms with van der Waals surface area (Å²) in [6, 6.07) is 9.80. The van der Waals surface area contributed by atoms with Crippen LogP contribution in [0, 0.1) is 6.92 Å². The highest BCUT2D eigenvalue weighted by atomic mass is 16.5. The fraction of sp³-hybridized carbons (Fsp3) is 0.412. The van der Waals surface area contributed by atoms with Crippen LogP contribution in [0.1, 0.15) is 30.4 Å². The van der Waals surface area contributed by atoms with Gasteiger partial charge >= 0.3 is 0 Å². The standard InChI is InChI=1S/C17H23NO3/c1-4-9-18-11-14-6-7-15(21-14)12-20-16-8-5-13(2)10-17(16)19-3/h5-8,10,18H,4,9,11-12H2,1-3H3. The van der Waals surface area contributed by atoms with Crippen LogP contribution in [0.3, 0.4) is 0 Å². The molecule has 0 saturated carbocycles. The van der Waals surface area contributed by atoms with Gasteiger partial charge in [-0.1, -0.05) is 13.0 Å². The third-order valence-electron chi connectivity index (χ3n) is 3.13. The van der Waals surface area contributed by atoms with Crippen LogP contribution >= 0.6 is 0 Å². The van der Waals surface area contributed by atoms with Crippen LogP contribution in [-0.4, -0.2) is 13.7 Å². The summed E-state index contributed by atoms with van der Waals surface area (Å²) >= 11 is 0. The Kier molecular flexibility index (Phi) is 5.69. The minimum absolute atomic E-state index is 0.396. The molecule has 1 aromatic carbocycles. The van der Waals surface area contributed by atoms with Crippen molar-refractivity contribution in [1.29, 1.82) is 0 Å². The molecule has 0 amide bonds. The summed E-state index contributed by atoms with van der Waals surface area (Å²) in [4.78, 5) is 0. The average Bonchev–Trinajstić information content (AvgIpc) is 2.94. The summed E-state index contributed by atoms with van der Waals surface area (Å²) in [5.41, 5.74) is 1.14. The molecular formula is C17H23NO3. The van der Waals surface area contributed by atoms with E-state index in [0.29, 0.717) is 6.61 Å². The van der Waals surface area contributed by atoms with Crippen LogP contribution in [0.4, 0.5) is 0 Å². The van der Waals surface area contributed by atoms with Gasteiger partial charge < -0.3 is 19.2 Å². The van der Waals surface area contributed by atoms with E-state index in [1.807, 2.05) is 37.3 Å². The van der Waals surface area contributed by atoms with E-state index >= 15 is 0 Å². The SMILES string of the molecule is CCCNCc1ccc(COc2ccc(C)cc2OC)o1. The summed E-state index contributed by atoms with van der Waals surface area (Å²) in [7, 11) is 1.64. The predicted octanol–water partition coefficient (Wildman–Crippen LogP) is 3.68. The maximum absolute atomic E-state index is 5.77. The normalized spacial score (nSPS) is 10.6. The van der Waals surface area contributed by atoms with E-state index in [4.69, 9.17) is 13.9 Å². The third-order valence-corrected chi connectivity index (χ3v) is 3.13. The Morgan fingerprint density at radius 1 is 1.10 bits per heavy atom. The number of hydrogen-bond donors (Lipinski definition) is 1. The molecule has 0 aliphatic carbocycles. The van der Waals surface area contributed by atoms with E-state index in [1.54, 1.807) is 7.11 Å². The number of benzene rings is 1. The summed E-state index contributed by atoms with van der Waals surface area (Å²) in [6.45, 7) is 6.31. The predicted molar refractivity (Wildman–Crippen MR) is 82.8 cm³/mol.